The average molecular weight is 720 g/mol. The minimum atomic E-state index is -4.77. The van der Waals surface area contributed by atoms with Crippen molar-refractivity contribution in [2.75, 3.05) is 61.7 Å². The molecule has 3 aromatic rings. The molecule has 0 unspecified atom stereocenters. The molecule has 1 saturated carbocycles. The van der Waals surface area contributed by atoms with E-state index >= 15 is 0 Å². The number of rotatable bonds is 11. The maximum Gasteiger partial charge on any atom is 0.421 e. The lowest BCUT2D eigenvalue weighted by molar-refractivity contribution is -0.137. The van der Waals surface area contributed by atoms with Gasteiger partial charge in [-0.1, -0.05) is 12.1 Å². The van der Waals surface area contributed by atoms with Crippen molar-refractivity contribution in [2.45, 2.75) is 64.3 Å². The number of benzene rings is 2. The molecule has 3 N–H and O–H groups in total. The highest BCUT2D eigenvalue weighted by Gasteiger charge is 2.35. The summed E-state index contributed by atoms with van der Waals surface area (Å²) in [5.41, 5.74) is 1.86. The topological polar surface area (TPSA) is 138 Å². The number of nitrogens with one attached hydrogen (secondary N) is 3. The fourth-order valence-electron chi connectivity index (χ4n) is 6.37. The van der Waals surface area contributed by atoms with E-state index in [0.717, 1.165) is 68.1 Å². The predicted octanol–water partition coefficient (Wildman–Crippen LogP) is 5.25. The van der Waals surface area contributed by atoms with Crippen molar-refractivity contribution in [2.24, 2.45) is 0 Å². The summed E-state index contributed by atoms with van der Waals surface area (Å²) in [6.07, 6.45) is 0.713. The van der Waals surface area contributed by atoms with Gasteiger partial charge in [0, 0.05) is 50.5 Å². The molecule has 1 saturated heterocycles. The minimum absolute atomic E-state index is 0.0530. The zero-order chi connectivity index (χ0) is 36.2. The molecule has 1 aliphatic heterocycles. The Labute approximate surface area is 290 Å². The number of carbonyl (C=O) groups is 1. The Kier molecular flexibility index (Phi) is 11.4. The van der Waals surface area contributed by atoms with E-state index in [-0.39, 0.29) is 30.2 Å². The first-order chi connectivity index (χ1) is 23.6. The predicted molar refractivity (Wildman–Crippen MR) is 186 cm³/mol. The highest BCUT2D eigenvalue weighted by atomic mass is 32.2. The number of ether oxygens (including phenoxy) is 2. The number of aromatic nitrogens is 2. The molecule has 2 fully saturated rings. The van der Waals surface area contributed by atoms with Crippen LogP contribution in [-0.2, 0) is 27.5 Å². The third kappa shape index (κ3) is 8.95. The van der Waals surface area contributed by atoms with E-state index in [0.29, 0.717) is 40.3 Å². The van der Waals surface area contributed by atoms with Crippen molar-refractivity contribution >= 4 is 39.1 Å². The molecule has 0 bridgehead atoms. The van der Waals surface area contributed by atoms with Gasteiger partial charge in [-0.2, -0.15) is 18.2 Å². The summed E-state index contributed by atoms with van der Waals surface area (Å²) in [4.78, 5) is 23.9. The van der Waals surface area contributed by atoms with Crippen LogP contribution in [0.15, 0.2) is 36.5 Å². The molecule has 2 aromatic carbocycles. The van der Waals surface area contributed by atoms with Crippen molar-refractivity contribution < 1.29 is 35.9 Å². The first-order valence-electron chi connectivity index (χ1n) is 16.4. The molecule has 12 nitrogen and oxygen atoms in total. The normalized spacial score (nSPS) is 18.7. The van der Waals surface area contributed by atoms with Gasteiger partial charge < -0.3 is 25.4 Å². The summed E-state index contributed by atoms with van der Waals surface area (Å²) in [6, 6.07) is 8.84. The summed E-state index contributed by atoms with van der Waals surface area (Å²) < 4.78 is 78.7. The molecule has 1 aromatic heterocycles. The van der Waals surface area contributed by atoms with Gasteiger partial charge in [0.15, 0.2) is 0 Å². The Balaban J connectivity index is 1.31. The van der Waals surface area contributed by atoms with Gasteiger partial charge in [-0.25, -0.2) is 13.4 Å². The van der Waals surface area contributed by atoms with Gasteiger partial charge >= 0.3 is 6.18 Å². The van der Waals surface area contributed by atoms with Gasteiger partial charge in [0.2, 0.25) is 16.0 Å². The van der Waals surface area contributed by atoms with E-state index in [1.807, 2.05) is 0 Å². The van der Waals surface area contributed by atoms with Crippen molar-refractivity contribution in [3.8, 4) is 5.75 Å². The highest BCUT2D eigenvalue weighted by molar-refractivity contribution is 7.92. The van der Waals surface area contributed by atoms with Gasteiger partial charge in [-0.05, 0) is 74.4 Å². The molecule has 50 heavy (non-hydrogen) atoms. The molecule has 2 heterocycles. The highest BCUT2D eigenvalue weighted by Crippen LogP contribution is 2.36. The second-order valence-corrected chi connectivity index (χ2v) is 14.8. The number of anilines is 4. The Morgan fingerprint density at radius 3 is 2.44 bits per heavy atom. The second kappa shape index (κ2) is 15.4. The van der Waals surface area contributed by atoms with Crippen molar-refractivity contribution in [1.29, 1.82) is 0 Å². The summed E-state index contributed by atoms with van der Waals surface area (Å²) >= 11 is 0. The number of hydrogen-bond acceptors (Lipinski definition) is 10. The van der Waals surface area contributed by atoms with Gasteiger partial charge in [0.05, 0.1) is 38.0 Å². The summed E-state index contributed by atoms with van der Waals surface area (Å²) in [7, 11) is -0.829. The summed E-state index contributed by atoms with van der Waals surface area (Å²) in [5.74, 6) is -0.595. The molecule has 0 atom stereocenters. The number of carbonyl (C=O) groups excluding carboxylic acids is 1. The molecule has 2 aliphatic rings. The molecule has 0 radical (unpaired) electrons. The SMILES string of the molecule is COc1cc(C(=O)NC2CCC(N3CCOCC3)CC2)c(C)cc1Nc1ncc(C(F)(F)F)c(NCc2ccc(C)cc2N(C)S(C)(=O)=O)n1. The first kappa shape index (κ1) is 37.1. The molecule has 16 heteroatoms. The number of morpholine rings is 1. The zero-order valence-corrected chi connectivity index (χ0v) is 29.7. The van der Waals surface area contributed by atoms with Gasteiger partial charge in [-0.3, -0.25) is 14.0 Å². The van der Waals surface area contributed by atoms with Crippen LogP contribution in [0.1, 0.15) is 58.3 Å². The van der Waals surface area contributed by atoms with Crippen LogP contribution in [-0.4, -0.2) is 88.0 Å². The van der Waals surface area contributed by atoms with Gasteiger partial charge in [0.25, 0.3) is 5.91 Å². The largest absolute Gasteiger partial charge is 0.495 e. The Bertz CT molecular complexity index is 1790. The minimum Gasteiger partial charge on any atom is -0.495 e. The van der Waals surface area contributed by atoms with Crippen molar-refractivity contribution in [1.82, 2.24) is 20.2 Å². The molecule has 1 amide bonds. The van der Waals surface area contributed by atoms with Crippen LogP contribution in [0.25, 0.3) is 0 Å². The zero-order valence-electron chi connectivity index (χ0n) is 28.9. The van der Waals surface area contributed by atoms with Crippen LogP contribution < -0.4 is 25.0 Å². The fraction of sp³-hybridized carbons (Fsp3) is 0.500. The number of nitrogens with zero attached hydrogens (tertiary/aromatic N) is 4. The van der Waals surface area contributed by atoms with E-state index in [1.54, 1.807) is 44.2 Å². The molecular weight excluding hydrogens is 675 g/mol. The quantitative estimate of drug-likeness (QED) is 0.241. The first-order valence-corrected chi connectivity index (χ1v) is 18.3. The van der Waals surface area contributed by atoms with Crippen LogP contribution >= 0.6 is 0 Å². The average Bonchev–Trinajstić information content (AvgIpc) is 3.07. The lowest BCUT2D eigenvalue weighted by Crippen LogP contribution is -2.47. The van der Waals surface area contributed by atoms with Crippen LogP contribution in [0.4, 0.5) is 36.3 Å². The molecule has 1 aliphatic carbocycles. The van der Waals surface area contributed by atoms with E-state index < -0.39 is 27.6 Å². The van der Waals surface area contributed by atoms with E-state index in [2.05, 4.69) is 30.8 Å². The molecule has 0 spiro atoms. The van der Waals surface area contributed by atoms with Gasteiger partial charge in [0.1, 0.15) is 17.1 Å². The standard InChI is InChI=1S/C34H44F3N7O5S/c1-21-6-7-23(29(16-21)43(3)50(5,46)47)19-38-31-27(34(35,36)37)20-39-33(42-31)41-28-17-22(2)26(18-30(28)48-4)32(45)40-24-8-10-25(11-9-24)44-12-14-49-15-13-44/h6-7,16-18,20,24-25H,8-15,19H2,1-5H3,(H,40,45)(H2,38,39,41,42). The second-order valence-electron chi connectivity index (χ2n) is 12.8. The Morgan fingerprint density at radius 2 is 1.80 bits per heavy atom. The summed E-state index contributed by atoms with van der Waals surface area (Å²) in [5, 5.41) is 8.83. The Hall–Kier alpha value is -4.15. The van der Waals surface area contributed by atoms with Crippen LogP contribution in [0.2, 0.25) is 0 Å². The molecule has 272 valence electrons. The number of aryl methyl sites for hydroxylation is 2. The smallest absolute Gasteiger partial charge is 0.421 e. The third-order valence-corrected chi connectivity index (χ3v) is 10.4. The lowest BCUT2D eigenvalue weighted by Gasteiger charge is -2.38. The third-order valence-electron chi connectivity index (χ3n) is 9.25. The van der Waals surface area contributed by atoms with Crippen LogP contribution in [0.5, 0.6) is 5.75 Å². The lowest BCUT2D eigenvalue weighted by atomic mass is 9.89. The van der Waals surface area contributed by atoms with Gasteiger partial charge in [-0.15, -0.1) is 0 Å². The summed E-state index contributed by atoms with van der Waals surface area (Å²) in [6.45, 7) is 6.79. The maximum atomic E-state index is 14.0. The maximum absolute atomic E-state index is 14.0. The van der Waals surface area contributed by atoms with Crippen molar-refractivity contribution in [3.05, 3.63) is 64.3 Å². The number of alkyl halides is 3. The number of sulfonamides is 1. The monoisotopic (exact) mass is 719 g/mol. The number of hydrogen-bond donors (Lipinski definition) is 3. The van der Waals surface area contributed by atoms with Crippen molar-refractivity contribution in [3.63, 3.8) is 0 Å². The number of halogens is 3. The van der Waals surface area contributed by atoms with E-state index in [9.17, 15) is 26.4 Å². The van der Waals surface area contributed by atoms with E-state index in [4.69, 9.17) is 9.47 Å². The van der Waals surface area contributed by atoms with Crippen LogP contribution in [0, 0.1) is 13.8 Å². The number of methoxy groups -OCH3 is 1. The molecule has 5 rings (SSSR count). The molecular formula is C34H44F3N7O5S. The number of amides is 1. The Morgan fingerprint density at radius 1 is 1.10 bits per heavy atom. The fourth-order valence-corrected chi connectivity index (χ4v) is 6.90. The van der Waals surface area contributed by atoms with Crippen LogP contribution in [0.3, 0.4) is 0 Å². The van der Waals surface area contributed by atoms with E-state index in [1.165, 1.54) is 14.2 Å².